The first-order valence-electron chi connectivity index (χ1n) is 6.03. The summed E-state index contributed by atoms with van der Waals surface area (Å²) in [5, 5.41) is 9.26. The molecule has 0 spiro atoms. The highest BCUT2D eigenvalue weighted by atomic mass is 79.9. The number of carbonyl (C=O) groups is 1. The van der Waals surface area contributed by atoms with Crippen LogP contribution in [0.5, 0.6) is 5.75 Å². The van der Waals surface area contributed by atoms with Gasteiger partial charge in [0, 0.05) is 14.3 Å². The topological polar surface area (TPSA) is 46.5 Å². The number of carbonyl (C=O) groups excluding carboxylic acids is 1. The van der Waals surface area contributed by atoms with E-state index in [1.165, 1.54) is 11.8 Å². The van der Waals surface area contributed by atoms with Gasteiger partial charge in [0.2, 0.25) is 0 Å². The molecule has 0 fully saturated rings. The van der Waals surface area contributed by atoms with Gasteiger partial charge in [-0.3, -0.25) is 0 Å². The fraction of sp³-hybridized carbons (Fsp3) is 0.133. The number of ether oxygens (including phenoxy) is 1. The van der Waals surface area contributed by atoms with E-state index in [1.807, 2.05) is 24.3 Å². The Hall–Kier alpha value is -1.46. The summed E-state index contributed by atoms with van der Waals surface area (Å²) in [4.78, 5) is 13.7. The highest BCUT2D eigenvalue weighted by Crippen LogP contribution is 2.31. The predicted octanol–water partition coefficient (Wildman–Crippen LogP) is 4.48. The zero-order chi connectivity index (χ0) is 14.5. The molecule has 0 saturated heterocycles. The summed E-state index contributed by atoms with van der Waals surface area (Å²) in [6, 6.07) is 12.5. The fourth-order valence-electron chi connectivity index (χ4n) is 1.58. The van der Waals surface area contributed by atoms with Crippen LogP contribution >= 0.6 is 27.7 Å². The van der Waals surface area contributed by atoms with Gasteiger partial charge in [0.25, 0.3) is 0 Å². The number of hydrogen-bond donors (Lipinski definition) is 1. The standard InChI is InChI=1S/C15H13BrO3S/c1-2-19-15(18)13-9-12(7-8-14(13)16)20-11-5-3-10(17)4-6-11/h3-9,17H,2H2,1H3. The third-order valence-corrected chi connectivity index (χ3v) is 4.19. The molecule has 0 aromatic heterocycles. The number of aromatic hydroxyl groups is 1. The lowest BCUT2D eigenvalue weighted by molar-refractivity contribution is 0.0525. The Morgan fingerprint density at radius 3 is 2.50 bits per heavy atom. The number of phenolic OH excluding ortho intramolecular Hbond substituents is 1. The van der Waals surface area contributed by atoms with Crippen molar-refractivity contribution in [2.45, 2.75) is 16.7 Å². The third kappa shape index (κ3) is 3.77. The molecule has 0 aliphatic rings. The molecule has 0 heterocycles. The first kappa shape index (κ1) is 14.9. The molecule has 0 aliphatic heterocycles. The molecule has 0 bridgehead atoms. The monoisotopic (exact) mass is 352 g/mol. The van der Waals surface area contributed by atoms with Crippen LogP contribution in [0.2, 0.25) is 0 Å². The van der Waals surface area contributed by atoms with Crippen LogP contribution in [-0.2, 0) is 4.74 Å². The van der Waals surface area contributed by atoms with Crippen LogP contribution in [-0.4, -0.2) is 17.7 Å². The van der Waals surface area contributed by atoms with Gasteiger partial charge in [-0.15, -0.1) is 0 Å². The van der Waals surface area contributed by atoms with Gasteiger partial charge >= 0.3 is 5.97 Å². The van der Waals surface area contributed by atoms with Gasteiger partial charge in [-0.05, 0) is 65.3 Å². The highest BCUT2D eigenvalue weighted by Gasteiger charge is 2.12. The van der Waals surface area contributed by atoms with Gasteiger partial charge in [-0.2, -0.15) is 0 Å². The van der Waals surface area contributed by atoms with Gasteiger partial charge in [-0.25, -0.2) is 4.79 Å². The Kier molecular flexibility index (Phi) is 5.09. The maximum Gasteiger partial charge on any atom is 0.339 e. The van der Waals surface area contributed by atoms with E-state index in [1.54, 1.807) is 25.1 Å². The van der Waals surface area contributed by atoms with Crippen molar-refractivity contribution in [3.05, 3.63) is 52.5 Å². The van der Waals surface area contributed by atoms with Crippen LogP contribution in [0.1, 0.15) is 17.3 Å². The smallest absolute Gasteiger partial charge is 0.339 e. The second-order valence-corrected chi connectivity index (χ2v) is 5.96. The van der Waals surface area contributed by atoms with E-state index in [-0.39, 0.29) is 11.7 Å². The number of phenols is 1. The molecule has 0 amide bonds. The van der Waals surface area contributed by atoms with E-state index in [9.17, 15) is 9.90 Å². The average molecular weight is 353 g/mol. The zero-order valence-corrected chi connectivity index (χ0v) is 13.2. The van der Waals surface area contributed by atoms with Crippen LogP contribution in [0, 0.1) is 0 Å². The Morgan fingerprint density at radius 2 is 1.85 bits per heavy atom. The quantitative estimate of drug-likeness (QED) is 0.823. The molecule has 2 aromatic carbocycles. The second-order valence-electron chi connectivity index (χ2n) is 3.96. The predicted molar refractivity (Wildman–Crippen MR) is 82.3 cm³/mol. The van der Waals surface area contributed by atoms with Crippen molar-refractivity contribution in [3.63, 3.8) is 0 Å². The molecular formula is C15H13BrO3S. The van der Waals surface area contributed by atoms with Crippen LogP contribution in [0.15, 0.2) is 56.7 Å². The molecular weight excluding hydrogens is 340 g/mol. The summed E-state index contributed by atoms with van der Waals surface area (Å²) >= 11 is 4.87. The first-order valence-corrected chi connectivity index (χ1v) is 7.64. The average Bonchev–Trinajstić information content (AvgIpc) is 2.43. The van der Waals surface area contributed by atoms with Crippen LogP contribution in [0.3, 0.4) is 0 Å². The number of rotatable bonds is 4. The Balaban J connectivity index is 2.22. The minimum absolute atomic E-state index is 0.234. The highest BCUT2D eigenvalue weighted by molar-refractivity contribution is 9.10. The largest absolute Gasteiger partial charge is 0.508 e. The number of benzene rings is 2. The van der Waals surface area contributed by atoms with Crippen molar-refractivity contribution in [1.82, 2.24) is 0 Å². The summed E-state index contributed by atoms with van der Waals surface area (Å²) in [5.74, 6) is -0.107. The van der Waals surface area contributed by atoms with Crippen LogP contribution in [0.4, 0.5) is 0 Å². The minimum atomic E-state index is -0.340. The molecule has 0 unspecified atom stereocenters. The summed E-state index contributed by atoms with van der Waals surface area (Å²) in [7, 11) is 0. The molecule has 5 heteroatoms. The van der Waals surface area contributed by atoms with Crippen molar-refractivity contribution in [3.8, 4) is 5.75 Å². The van der Waals surface area contributed by atoms with E-state index in [0.717, 1.165) is 9.79 Å². The van der Waals surface area contributed by atoms with Gasteiger partial charge in [0.1, 0.15) is 5.75 Å². The molecule has 0 radical (unpaired) electrons. The van der Waals surface area contributed by atoms with Crippen LogP contribution < -0.4 is 0 Å². The molecule has 20 heavy (non-hydrogen) atoms. The third-order valence-electron chi connectivity index (χ3n) is 2.51. The van der Waals surface area contributed by atoms with Crippen molar-refractivity contribution in [2.24, 2.45) is 0 Å². The molecule has 0 atom stereocenters. The van der Waals surface area contributed by atoms with E-state index < -0.39 is 0 Å². The van der Waals surface area contributed by atoms with E-state index >= 15 is 0 Å². The van der Waals surface area contributed by atoms with Crippen molar-refractivity contribution >= 4 is 33.7 Å². The fourth-order valence-corrected chi connectivity index (χ4v) is 2.85. The second kappa shape index (κ2) is 6.81. The number of halogens is 1. The van der Waals surface area contributed by atoms with Crippen molar-refractivity contribution < 1.29 is 14.6 Å². The van der Waals surface area contributed by atoms with Crippen molar-refractivity contribution in [1.29, 1.82) is 0 Å². The Labute approximate surface area is 130 Å². The van der Waals surface area contributed by atoms with Gasteiger partial charge in [0.05, 0.1) is 12.2 Å². The SMILES string of the molecule is CCOC(=O)c1cc(Sc2ccc(O)cc2)ccc1Br. The molecule has 2 rings (SSSR count). The Bertz CT molecular complexity index is 611. The summed E-state index contributed by atoms with van der Waals surface area (Å²) < 4.78 is 5.73. The van der Waals surface area contributed by atoms with Crippen LogP contribution in [0.25, 0.3) is 0 Å². The molecule has 0 aliphatic carbocycles. The zero-order valence-electron chi connectivity index (χ0n) is 10.8. The first-order chi connectivity index (χ1) is 9.60. The van der Waals surface area contributed by atoms with Gasteiger partial charge in [0.15, 0.2) is 0 Å². The Morgan fingerprint density at radius 1 is 1.20 bits per heavy atom. The lowest BCUT2D eigenvalue weighted by Crippen LogP contribution is -2.05. The molecule has 3 nitrogen and oxygen atoms in total. The lowest BCUT2D eigenvalue weighted by Gasteiger charge is -2.07. The summed E-state index contributed by atoms with van der Waals surface area (Å²) in [6.07, 6.45) is 0. The lowest BCUT2D eigenvalue weighted by atomic mass is 10.2. The summed E-state index contributed by atoms with van der Waals surface area (Å²) in [6.45, 7) is 2.13. The number of esters is 1. The minimum Gasteiger partial charge on any atom is -0.508 e. The normalized spacial score (nSPS) is 10.3. The van der Waals surface area contributed by atoms with E-state index in [0.29, 0.717) is 16.6 Å². The van der Waals surface area contributed by atoms with Crippen molar-refractivity contribution in [2.75, 3.05) is 6.61 Å². The van der Waals surface area contributed by atoms with E-state index in [4.69, 9.17) is 4.74 Å². The molecule has 1 N–H and O–H groups in total. The maximum absolute atomic E-state index is 11.8. The van der Waals surface area contributed by atoms with Gasteiger partial charge < -0.3 is 9.84 Å². The maximum atomic E-state index is 11.8. The molecule has 104 valence electrons. The molecule has 0 saturated carbocycles. The van der Waals surface area contributed by atoms with E-state index in [2.05, 4.69) is 15.9 Å². The van der Waals surface area contributed by atoms with Gasteiger partial charge in [-0.1, -0.05) is 11.8 Å². The summed E-state index contributed by atoms with van der Waals surface area (Å²) in [5.41, 5.74) is 0.510. The molecule has 2 aromatic rings. The number of hydrogen-bond acceptors (Lipinski definition) is 4.